The van der Waals surface area contributed by atoms with Gasteiger partial charge in [-0.3, -0.25) is 25.1 Å². The number of nitrogens with zero attached hydrogens (tertiary/aromatic N) is 1. The number of hydrogen-bond donors (Lipinski definition) is 3. The highest BCUT2D eigenvalue weighted by atomic mass is 35.5. The van der Waals surface area contributed by atoms with Gasteiger partial charge in [-0.2, -0.15) is 0 Å². The first-order valence-electron chi connectivity index (χ1n) is 6.60. The maximum atomic E-state index is 12.1. The summed E-state index contributed by atoms with van der Waals surface area (Å²) in [6, 6.07) is 4.41. The van der Waals surface area contributed by atoms with Crippen molar-refractivity contribution in [3.05, 3.63) is 23.2 Å². The molecule has 1 atom stereocenters. The maximum absolute atomic E-state index is 12.1. The van der Waals surface area contributed by atoms with Crippen molar-refractivity contribution >= 4 is 52.8 Å². The molecule has 0 spiro atoms. The molecule has 8 nitrogen and oxygen atoms in total. The van der Waals surface area contributed by atoms with Crippen LogP contribution in [-0.4, -0.2) is 40.6 Å². The number of carbonyl (C=O) groups excluding carboxylic acids is 4. The molecule has 0 aliphatic carbocycles. The number of nitrogens with one attached hydrogen (secondary N) is 3. The fraction of sp³-hybridized carbons (Fsp3) is 0.231. The minimum atomic E-state index is -0.691. The number of imide groups is 1. The minimum Gasteiger partial charge on any atom is -0.324 e. The number of rotatable bonds is 3. The summed E-state index contributed by atoms with van der Waals surface area (Å²) in [5, 5.41) is 5.48. The summed E-state index contributed by atoms with van der Waals surface area (Å²) in [5.74, 6) is -1.34. The fourth-order valence-corrected chi connectivity index (χ4v) is 3.42. The molecule has 2 heterocycles. The van der Waals surface area contributed by atoms with Gasteiger partial charge in [-0.1, -0.05) is 11.6 Å². The molecular weight excluding hydrogens is 344 g/mol. The number of fused-ring (bicyclic) bond motifs is 1. The predicted molar refractivity (Wildman–Crippen MR) is 82.7 cm³/mol. The molecule has 2 aliphatic rings. The van der Waals surface area contributed by atoms with Crippen LogP contribution in [0.3, 0.4) is 0 Å². The number of benzene rings is 1. The Hall–Kier alpha value is -2.26. The average Bonchev–Trinajstić information content (AvgIpc) is 2.78. The van der Waals surface area contributed by atoms with E-state index in [1.807, 2.05) is 5.32 Å². The highest BCUT2D eigenvalue weighted by Gasteiger charge is 2.32. The Labute approximate surface area is 139 Å². The normalized spacial score (nSPS) is 20.0. The molecule has 1 saturated heterocycles. The summed E-state index contributed by atoms with van der Waals surface area (Å²) in [6.07, 6.45) is -0.128. The van der Waals surface area contributed by atoms with Gasteiger partial charge >= 0.3 is 6.03 Å². The van der Waals surface area contributed by atoms with E-state index in [9.17, 15) is 19.2 Å². The molecule has 1 fully saturated rings. The van der Waals surface area contributed by atoms with E-state index in [-0.39, 0.29) is 18.9 Å². The number of urea groups is 1. The van der Waals surface area contributed by atoms with E-state index in [0.29, 0.717) is 10.7 Å². The number of anilines is 1. The van der Waals surface area contributed by atoms with Crippen molar-refractivity contribution in [1.82, 2.24) is 15.8 Å². The Kier molecular flexibility index (Phi) is 4.14. The van der Waals surface area contributed by atoms with Gasteiger partial charge in [-0.15, -0.1) is 11.8 Å². The van der Waals surface area contributed by atoms with Crippen LogP contribution in [0.25, 0.3) is 0 Å². The number of thioether (sulfide) groups is 1. The lowest BCUT2D eigenvalue weighted by Crippen LogP contribution is -2.46. The molecule has 1 aromatic carbocycles. The highest BCUT2D eigenvalue weighted by Crippen LogP contribution is 2.38. The zero-order chi connectivity index (χ0) is 16.6. The van der Waals surface area contributed by atoms with E-state index >= 15 is 0 Å². The molecule has 23 heavy (non-hydrogen) atoms. The zero-order valence-electron chi connectivity index (χ0n) is 11.6. The van der Waals surface area contributed by atoms with Crippen molar-refractivity contribution in [2.24, 2.45) is 0 Å². The molecule has 3 rings (SSSR count). The monoisotopic (exact) mass is 354 g/mol. The number of carbonyl (C=O) groups is 4. The van der Waals surface area contributed by atoms with Gasteiger partial charge in [0.25, 0.3) is 0 Å². The Bertz CT molecular complexity index is 726. The fourth-order valence-electron chi connectivity index (χ4n) is 2.15. The van der Waals surface area contributed by atoms with Crippen LogP contribution >= 0.6 is 23.4 Å². The number of halogens is 1. The first-order valence-corrected chi connectivity index (χ1v) is 7.86. The minimum absolute atomic E-state index is 0.128. The maximum Gasteiger partial charge on any atom is 0.343 e. The highest BCUT2D eigenvalue weighted by molar-refractivity contribution is 8.01. The van der Waals surface area contributed by atoms with Crippen LogP contribution in [0.15, 0.2) is 23.1 Å². The molecule has 10 heteroatoms. The number of amides is 5. The number of hydrazine groups is 1. The van der Waals surface area contributed by atoms with Crippen LogP contribution < -0.4 is 16.1 Å². The molecule has 1 unspecified atom stereocenters. The van der Waals surface area contributed by atoms with E-state index in [2.05, 4.69) is 10.7 Å². The zero-order valence-corrected chi connectivity index (χ0v) is 13.2. The van der Waals surface area contributed by atoms with Gasteiger partial charge in [0, 0.05) is 16.3 Å². The first kappa shape index (κ1) is 15.6. The van der Waals surface area contributed by atoms with Gasteiger partial charge in [0.1, 0.15) is 6.54 Å². The summed E-state index contributed by atoms with van der Waals surface area (Å²) >= 11 is 7.11. The molecule has 0 aromatic heterocycles. The van der Waals surface area contributed by atoms with Gasteiger partial charge in [0.05, 0.1) is 10.9 Å². The Morgan fingerprint density at radius 2 is 2.13 bits per heavy atom. The van der Waals surface area contributed by atoms with E-state index in [1.54, 1.807) is 18.2 Å². The van der Waals surface area contributed by atoms with Gasteiger partial charge in [0.2, 0.25) is 17.7 Å². The van der Waals surface area contributed by atoms with Gasteiger partial charge in [-0.05, 0) is 18.2 Å². The third kappa shape index (κ3) is 3.40. The summed E-state index contributed by atoms with van der Waals surface area (Å²) in [5.41, 5.74) is 2.91. The average molecular weight is 355 g/mol. The Morgan fingerprint density at radius 1 is 1.35 bits per heavy atom. The summed E-state index contributed by atoms with van der Waals surface area (Å²) < 4.78 is 0. The SMILES string of the molecule is O=C1CN(NC(=O)CC2Sc3ccc(Cl)cc3NC2=O)C(=O)N1. The van der Waals surface area contributed by atoms with Gasteiger partial charge in [0.15, 0.2) is 0 Å². The third-order valence-electron chi connectivity index (χ3n) is 3.18. The Morgan fingerprint density at radius 3 is 2.83 bits per heavy atom. The molecule has 5 amide bonds. The smallest absolute Gasteiger partial charge is 0.324 e. The van der Waals surface area contributed by atoms with E-state index in [0.717, 1.165) is 9.90 Å². The second kappa shape index (κ2) is 6.09. The molecule has 2 aliphatic heterocycles. The molecule has 120 valence electrons. The molecule has 1 aromatic rings. The van der Waals surface area contributed by atoms with E-state index in [1.165, 1.54) is 11.8 Å². The van der Waals surface area contributed by atoms with Crippen molar-refractivity contribution in [3.8, 4) is 0 Å². The van der Waals surface area contributed by atoms with E-state index < -0.39 is 23.1 Å². The van der Waals surface area contributed by atoms with Crippen molar-refractivity contribution in [2.45, 2.75) is 16.6 Å². The molecule has 3 N–H and O–H groups in total. The molecule has 0 saturated carbocycles. The lowest BCUT2D eigenvalue weighted by molar-refractivity contribution is -0.127. The molecular formula is C13H11ClN4O4S. The second-order valence-corrected chi connectivity index (χ2v) is 6.60. The second-order valence-electron chi connectivity index (χ2n) is 4.91. The topological polar surface area (TPSA) is 108 Å². The first-order chi connectivity index (χ1) is 10.9. The lowest BCUT2D eigenvalue weighted by Gasteiger charge is -2.24. The van der Waals surface area contributed by atoms with Crippen LogP contribution in [0.5, 0.6) is 0 Å². The van der Waals surface area contributed by atoms with Crippen LogP contribution in [0, 0.1) is 0 Å². The predicted octanol–water partition coefficient (Wildman–Crippen LogP) is 0.726. The van der Waals surface area contributed by atoms with Gasteiger partial charge < -0.3 is 5.32 Å². The van der Waals surface area contributed by atoms with Crippen molar-refractivity contribution in [2.75, 3.05) is 11.9 Å². The standard InChI is InChI=1S/C13H11ClN4O4S/c14-6-1-2-8-7(3-6)15-12(21)9(23-8)4-10(19)17-18-5-11(20)16-13(18)22/h1-3,9H,4-5H2,(H,15,21)(H,17,19)(H,16,20,22). The summed E-state index contributed by atoms with van der Waals surface area (Å²) in [6.45, 7) is -0.240. The Balaban J connectivity index is 1.63. The van der Waals surface area contributed by atoms with Crippen molar-refractivity contribution < 1.29 is 19.2 Å². The van der Waals surface area contributed by atoms with Crippen molar-refractivity contribution in [3.63, 3.8) is 0 Å². The van der Waals surface area contributed by atoms with Crippen LogP contribution in [-0.2, 0) is 14.4 Å². The van der Waals surface area contributed by atoms with Crippen LogP contribution in [0.4, 0.5) is 10.5 Å². The summed E-state index contributed by atoms with van der Waals surface area (Å²) in [4.78, 5) is 47.2. The van der Waals surface area contributed by atoms with Crippen LogP contribution in [0.1, 0.15) is 6.42 Å². The number of hydrogen-bond acceptors (Lipinski definition) is 5. The quantitative estimate of drug-likeness (QED) is 0.693. The van der Waals surface area contributed by atoms with Crippen LogP contribution in [0.2, 0.25) is 5.02 Å². The summed E-state index contributed by atoms with van der Waals surface area (Å²) in [7, 11) is 0. The molecule has 0 radical (unpaired) electrons. The van der Waals surface area contributed by atoms with Gasteiger partial charge in [-0.25, -0.2) is 9.80 Å². The third-order valence-corrected chi connectivity index (χ3v) is 4.70. The van der Waals surface area contributed by atoms with E-state index in [4.69, 9.17) is 11.6 Å². The van der Waals surface area contributed by atoms with Crippen molar-refractivity contribution in [1.29, 1.82) is 0 Å². The lowest BCUT2D eigenvalue weighted by atomic mass is 10.2. The molecule has 0 bridgehead atoms. The largest absolute Gasteiger partial charge is 0.343 e.